The first-order valence-electron chi connectivity index (χ1n) is 6.40. The molecule has 0 saturated carbocycles. The van der Waals surface area contributed by atoms with Crippen molar-refractivity contribution in [1.29, 1.82) is 0 Å². The van der Waals surface area contributed by atoms with Gasteiger partial charge in [-0.3, -0.25) is 4.79 Å². The first-order chi connectivity index (χ1) is 9.94. The van der Waals surface area contributed by atoms with Crippen molar-refractivity contribution >= 4 is 28.8 Å². The molecule has 0 aliphatic rings. The van der Waals surface area contributed by atoms with Crippen LogP contribution in [0.25, 0.3) is 0 Å². The highest BCUT2D eigenvalue weighted by atomic mass is 32.1. The van der Waals surface area contributed by atoms with Crippen molar-refractivity contribution in [1.82, 2.24) is 0 Å². The average Bonchev–Trinajstić information content (AvgIpc) is 2.37. The minimum atomic E-state index is -0.369. The summed E-state index contributed by atoms with van der Waals surface area (Å²) in [6.07, 6.45) is 0.202. The maximum Gasteiger partial charge on any atom is 0.228 e. The first kappa shape index (κ1) is 15.1. The van der Waals surface area contributed by atoms with Gasteiger partial charge in [-0.15, -0.1) is 0 Å². The quantitative estimate of drug-likeness (QED) is 0.854. The molecular formula is C16H15FN2OS. The van der Waals surface area contributed by atoms with E-state index in [1.54, 1.807) is 37.3 Å². The Morgan fingerprint density at radius 1 is 1.24 bits per heavy atom. The molecule has 0 aliphatic carbocycles. The van der Waals surface area contributed by atoms with E-state index in [1.807, 2.05) is 0 Å². The van der Waals surface area contributed by atoms with Crippen LogP contribution in [-0.2, 0) is 11.2 Å². The van der Waals surface area contributed by atoms with Crippen LogP contribution in [0.1, 0.15) is 16.7 Å². The van der Waals surface area contributed by atoms with Gasteiger partial charge in [-0.05, 0) is 36.2 Å². The van der Waals surface area contributed by atoms with E-state index >= 15 is 0 Å². The van der Waals surface area contributed by atoms with E-state index in [2.05, 4.69) is 5.32 Å². The molecule has 0 saturated heterocycles. The molecule has 0 fully saturated rings. The molecule has 0 atom stereocenters. The summed E-state index contributed by atoms with van der Waals surface area (Å²) in [5, 5.41) is 2.68. The number of halogens is 1. The summed E-state index contributed by atoms with van der Waals surface area (Å²) >= 11 is 4.87. The van der Waals surface area contributed by atoms with E-state index in [4.69, 9.17) is 18.0 Å². The lowest BCUT2D eigenvalue weighted by molar-refractivity contribution is -0.115. The number of aryl methyl sites for hydroxylation is 1. The van der Waals surface area contributed by atoms with Crippen LogP contribution in [0.3, 0.4) is 0 Å². The summed E-state index contributed by atoms with van der Waals surface area (Å²) in [6, 6.07) is 11.6. The zero-order valence-electron chi connectivity index (χ0n) is 11.5. The molecule has 108 valence electrons. The van der Waals surface area contributed by atoms with Crippen molar-refractivity contribution in [3.8, 4) is 0 Å². The molecule has 21 heavy (non-hydrogen) atoms. The molecule has 2 aromatic rings. The number of rotatable bonds is 4. The molecular weight excluding hydrogens is 287 g/mol. The van der Waals surface area contributed by atoms with Gasteiger partial charge < -0.3 is 11.1 Å². The minimum Gasteiger partial charge on any atom is -0.389 e. The van der Waals surface area contributed by atoms with E-state index in [9.17, 15) is 9.18 Å². The highest BCUT2D eigenvalue weighted by molar-refractivity contribution is 7.80. The second-order valence-corrected chi connectivity index (χ2v) is 5.24. The summed E-state index contributed by atoms with van der Waals surface area (Å²) in [5.41, 5.74) is 8.32. The minimum absolute atomic E-state index is 0.202. The van der Waals surface area contributed by atoms with Gasteiger partial charge in [0.25, 0.3) is 0 Å². The lowest BCUT2D eigenvalue weighted by Crippen LogP contribution is -2.15. The number of nitrogens with one attached hydrogen (secondary N) is 1. The van der Waals surface area contributed by atoms with Crippen LogP contribution in [0.15, 0.2) is 42.5 Å². The summed E-state index contributed by atoms with van der Waals surface area (Å²) < 4.78 is 13.3. The molecule has 0 spiro atoms. The van der Waals surface area contributed by atoms with Gasteiger partial charge in [0, 0.05) is 11.3 Å². The molecule has 3 N–H and O–H groups in total. The van der Waals surface area contributed by atoms with Crippen molar-refractivity contribution < 1.29 is 9.18 Å². The lowest BCUT2D eigenvalue weighted by Gasteiger charge is -2.07. The van der Waals surface area contributed by atoms with Crippen LogP contribution in [0.4, 0.5) is 10.1 Å². The van der Waals surface area contributed by atoms with Gasteiger partial charge in [0.15, 0.2) is 0 Å². The Kier molecular flexibility index (Phi) is 4.65. The highest BCUT2D eigenvalue weighted by Crippen LogP contribution is 2.14. The molecule has 2 rings (SSSR count). The molecule has 2 aromatic carbocycles. The third kappa shape index (κ3) is 4.36. The van der Waals surface area contributed by atoms with Gasteiger partial charge in [-0.2, -0.15) is 0 Å². The first-order valence-corrected chi connectivity index (χ1v) is 6.80. The van der Waals surface area contributed by atoms with Crippen LogP contribution in [0.2, 0.25) is 0 Å². The fourth-order valence-corrected chi connectivity index (χ4v) is 2.12. The SMILES string of the molecule is Cc1cc(F)cc(NC(=O)Cc2ccc(C(N)=S)cc2)c1. The maximum atomic E-state index is 13.3. The van der Waals surface area contributed by atoms with Gasteiger partial charge in [0.1, 0.15) is 10.8 Å². The average molecular weight is 302 g/mol. The van der Waals surface area contributed by atoms with Gasteiger partial charge in [-0.25, -0.2) is 4.39 Å². The number of thiocarbonyl (C=S) groups is 1. The van der Waals surface area contributed by atoms with Crippen LogP contribution >= 0.6 is 12.2 Å². The van der Waals surface area contributed by atoms with Crippen molar-refractivity contribution in [3.05, 3.63) is 65.0 Å². The lowest BCUT2D eigenvalue weighted by atomic mass is 10.1. The summed E-state index contributed by atoms with van der Waals surface area (Å²) in [4.78, 5) is 12.3. The molecule has 0 bridgehead atoms. The Balaban J connectivity index is 2.02. The van der Waals surface area contributed by atoms with Gasteiger partial charge in [0.2, 0.25) is 5.91 Å². The number of hydrogen-bond acceptors (Lipinski definition) is 2. The third-order valence-corrected chi connectivity index (χ3v) is 3.16. The Hall–Kier alpha value is -2.27. The summed E-state index contributed by atoms with van der Waals surface area (Å²) in [7, 11) is 0. The number of carbonyl (C=O) groups excluding carboxylic acids is 1. The molecule has 0 unspecified atom stereocenters. The van der Waals surface area contributed by atoms with Crippen LogP contribution in [0, 0.1) is 12.7 Å². The second kappa shape index (κ2) is 6.45. The monoisotopic (exact) mass is 302 g/mol. The highest BCUT2D eigenvalue weighted by Gasteiger charge is 2.06. The third-order valence-electron chi connectivity index (χ3n) is 2.93. The van der Waals surface area contributed by atoms with E-state index < -0.39 is 0 Å². The van der Waals surface area contributed by atoms with Crippen molar-refractivity contribution in [2.45, 2.75) is 13.3 Å². The predicted molar refractivity (Wildman–Crippen MR) is 85.8 cm³/mol. The zero-order valence-corrected chi connectivity index (χ0v) is 12.3. The number of nitrogens with two attached hydrogens (primary N) is 1. The van der Waals surface area contributed by atoms with E-state index in [0.29, 0.717) is 10.7 Å². The number of amides is 1. The van der Waals surface area contributed by atoms with Crippen LogP contribution in [-0.4, -0.2) is 10.9 Å². The Labute approximate surface area is 128 Å². The Morgan fingerprint density at radius 3 is 2.48 bits per heavy atom. The molecule has 0 radical (unpaired) electrons. The van der Waals surface area contributed by atoms with E-state index in [-0.39, 0.29) is 18.1 Å². The smallest absolute Gasteiger partial charge is 0.228 e. The van der Waals surface area contributed by atoms with E-state index in [0.717, 1.165) is 16.7 Å². The van der Waals surface area contributed by atoms with Crippen molar-refractivity contribution in [2.24, 2.45) is 5.73 Å². The van der Waals surface area contributed by atoms with Gasteiger partial charge in [-0.1, -0.05) is 36.5 Å². The predicted octanol–water partition coefficient (Wildman–Crippen LogP) is 2.95. The van der Waals surface area contributed by atoms with Crippen molar-refractivity contribution in [2.75, 3.05) is 5.32 Å². The summed E-state index contributed by atoms with van der Waals surface area (Å²) in [6.45, 7) is 1.77. The normalized spacial score (nSPS) is 10.2. The van der Waals surface area contributed by atoms with Gasteiger partial charge in [0.05, 0.1) is 6.42 Å². The number of benzene rings is 2. The Morgan fingerprint density at radius 2 is 1.90 bits per heavy atom. The summed E-state index contributed by atoms with van der Waals surface area (Å²) in [5.74, 6) is -0.575. The number of carbonyl (C=O) groups is 1. The molecule has 5 heteroatoms. The zero-order chi connectivity index (χ0) is 15.4. The Bertz CT molecular complexity index is 663. The molecule has 1 amide bonds. The maximum absolute atomic E-state index is 13.3. The molecule has 0 aromatic heterocycles. The number of anilines is 1. The largest absolute Gasteiger partial charge is 0.389 e. The number of hydrogen-bond donors (Lipinski definition) is 2. The fourth-order valence-electron chi connectivity index (χ4n) is 1.99. The molecule has 0 heterocycles. The fraction of sp³-hybridized carbons (Fsp3) is 0.125. The van der Waals surface area contributed by atoms with Crippen LogP contribution < -0.4 is 11.1 Å². The standard InChI is InChI=1S/C16H15FN2OS/c1-10-6-13(17)9-14(7-10)19-15(20)8-11-2-4-12(5-3-11)16(18)21/h2-7,9H,8H2,1H3,(H2,18,21)(H,19,20). The van der Waals surface area contributed by atoms with Crippen LogP contribution in [0.5, 0.6) is 0 Å². The van der Waals surface area contributed by atoms with Crippen molar-refractivity contribution in [3.63, 3.8) is 0 Å². The van der Waals surface area contributed by atoms with E-state index in [1.165, 1.54) is 12.1 Å². The second-order valence-electron chi connectivity index (χ2n) is 4.80. The molecule has 3 nitrogen and oxygen atoms in total. The topological polar surface area (TPSA) is 55.1 Å². The molecule has 0 aliphatic heterocycles. The van der Waals surface area contributed by atoms with Gasteiger partial charge >= 0.3 is 0 Å².